The third-order valence-electron chi connectivity index (χ3n) is 6.10. The molecule has 0 saturated carbocycles. The van der Waals surface area contributed by atoms with Crippen LogP contribution < -0.4 is 0 Å². The van der Waals surface area contributed by atoms with Gasteiger partial charge in [0, 0.05) is 23.2 Å². The van der Waals surface area contributed by atoms with Gasteiger partial charge in [-0.1, -0.05) is 83.1 Å². The molecule has 0 spiro atoms. The largest absolute Gasteiger partial charge is 0.262 e. The monoisotopic (exact) mass is 516 g/mol. The van der Waals surface area contributed by atoms with Gasteiger partial charge in [0.25, 0.3) is 0 Å². The molecule has 0 aromatic carbocycles. The highest BCUT2D eigenvalue weighted by Crippen LogP contribution is 2.27. The standard InChI is InChI=1S/2C15H22N4/c2*1-14(2,3)10-7-8-16-11(9-10)12-17-13(19-18-12)15(4,5)6/h2*7-9H,1-6H3,(H,17,18,19). The fraction of sp³-hybridized carbons (Fsp3) is 0.533. The van der Waals surface area contributed by atoms with Gasteiger partial charge in [0.2, 0.25) is 0 Å². The van der Waals surface area contributed by atoms with Gasteiger partial charge in [0.1, 0.15) is 23.0 Å². The smallest absolute Gasteiger partial charge is 0.199 e. The maximum absolute atomic E-state index is 4.55. The summed E-state index contributed by atoms with van der Waals surface area (Å²) in [6.45, 7) is 25.8. The van der Waals surface area contributed by atoms with Gasteiger partial charge in [-0.05, 0) is 46.2 Å². The lowest BCUT2D eigenvalue weighted by atomic mass is 9.87. The van der Waals surface area contributed by atoms with Crippen LogP contribution in [0.15, 0.2) is 36.7 Å². The van der Waals surface area contributed by atoms with E-state index >= 15 is 0 Å². The molecule has 0 fully saturated rings. The van der Waals surface area contributed by atoms with Crippen LogP contribution in [0.2, 0.25) is 0 Å². The number of aromatic amines is 2. The Morgan fingerprint density at radius 2 is 0.842 bits per heavy atom. The maximum atomic E-state index is 4.55. The normalized spacial score (nSPS) is 12.7. The second-order valence-corrected chi connectivity index (χ2v) is 13.9. The molecule has 0 amide bonds. The highest BCUT2D eigenvalue weighted by Gasteiger charge is 2.22. The Kier molecular flexibility index (Phi) is 7.97. The molecule has 0 atom stereocenters. The molecule has 8 heteroatoms. The lowest BCUT2D eigenvalue weighted by molar-refractivity contribution is 0.548. The molecule has 4 rings (SSSR count). The number of nitrogens with one attached hydrogen (secondary N) is 2. The molecule has 0 unspecified atom stereocenters. The van der Waals surface area contributed by atoms with Gasteiger partial charge in [-0.2, -0.15) is 10.2 Å². The first kappa shape index (κ1) is 29.1. The summed E-state index contributed by atoms with van der Waals surface area (Å²) < 4.78 is 0. The average molecular weight is 517 g/mol. The van der Waals surface area contributed by atoms with Gasteiger partial charge in [-0.25, -0.2) is 9.97 Å². The molecule has 0 aliphatic carbocycles. The molecule has 4 aromatic rings. The summed E-state index contributed by atoms with van der Waals surface area (Å²) in [5.74, 6) is 3.09. The summed E-state index contributed by atoms with van der Waals surface area (Å²) in [6, 6.07) is 8.22. The molecule has 0 aliphatic rings. The van der Waals surface area contributed by atoms with Crippen molar-refractivity contribution in [3.05, 3.63) is 59.4 Å². The number of nitrogens with zero attached hydrogens (tertiary/aromatic N) is 6. The Morgan fingerprint density at radius 3 is 1.11 bits per heavy atom. The van der Waals surface area contributed by atoms with Crippen molar-refractivity contribution < 1.29 is 0 Å². The van der Waals surface area contributed by atoms with Gasteiger partial charge in [-0.15, -0.1) is 0 Å². The third-order valence-corrected chi connectivity index (χ3v) is 6.10. The van der Waals surface area contributed by atoms with Crippen LogP contribution in [-0.4, -0.2) is 40.3 Å². The molecule has 0 bridgehead atoms. The topological polar surface area (TPSA) is 109 Å². The predicted octanol–water partition coefficient (Wildman–Crippen LogP) is 6.92. The molecule has 8 nitrogen and oxygen atoms in total. The summed E-state index contributed by atoms with van der Waals surface area (Å²) in [5.41, 5.74) is 4.24. The minimum absolute atomic E-state index is 0.0348. The second kappa shape index (κ2) is 10.4. The van der Waals surface area contributed by atoms with Gasteiger partial charge < -0.3 is 0 Å². The predicted molar refractivity (Wildman–Crippen MR) is 154 cm³/mol. The zero-order valence-electron chi connectivity index (χ0n) is 25.1. The first-order valence-corrected chi connectivity index (χ1v) is 13.2. The van der Waals surface area contributed by atoms with E-state index in [4.69, 9.17) is 0 Å². The minimum atomic E-state index is -0.0348. The van der Waals surface area contributed by atoms with Crippen molar-refractivity contribution in [2.45, 2.75) is 105 Å². The lowest BCUT2D eigenvalue weighted by Crippen LogP contribution is -2.13. The molecule has 2 N–H and O–H groups in total. The quantitative estimate of drug-likeness (QED) is 0.299. The van der Waals surface area contributed by atoms with Crippen LogP contribution >= 0.6 is 0 Å². The Bertz CT molecular complexity index is 1250. The van der Waals surface area contributed by atoms with Crippen molar-refractivity contribution in [3.63, 3.8) is 0 Å². The number of H-pyrrole nitrogens is 2. The molecule has 4 aromatic heterocycles. The molecule has 0 aliphatic heterocycles. The first-order valence-electron chi connectivity index (χ1n) is 13.2. The highest BCUT2D eigenvalue weighted by molar-refractivity contribution is 5.51. The molecule has 38 heavy (non-hydrogen) atoms. The Labute approximate surface area is 227 Å². The van der Waals surface area contributed by atoms with Crippen LogP contribution in [0.4, 0.5) is 0 Å². The van der Waals surface area contributed by atoms with E-state index in [0.29, 0.717) is 11.6 Å². The molecule has 0 saturated heterocycles. The summed E-state index contributed by atoms with van der Waals surface area (Å²) in [6.07, 6.45) is 3.64. The van der Waals surface area contributed by atoms with Gasteiger partial charge in [0.15, 0.2) is 11.6 Å². The Hall–Kier alpha value is -3.42. The maximum Gasteiger partial charge on any atom is 0.199 e. The minimum Gasteiger partial charge on any atom is -0.262 e. The van der Waals surface area contributed by atoms with Crippen molar-refractivity contribution in [2.75, 3.05) is 0 Å². The molecular weight excluding hydrogens is 472 g/mol. The third kappa shape index (κ3) is 7.33. The molecule has 204 valence electrons. The number of pyridine rings is 2. The van der Waals surface area contributed by atoms with E-state index in [9.17, 15) is 0 Å². The highest BCUT2D eigenvalue weighted by atomic mass is 15.2. The SMILES string of the molecule is CC(C)(C)c1ccnc(-c2n[nH]c(C(C)(C)C)n2)c1.CC(C)(C)c1ccnc(-c2n[nH]c(C(C)(C)C)n2)c1. The van der Waals surface area contributed by atoms with Crippen molar-refractivity contribution in [3.8, 4) is 23.0 Å². The van der Waals surface area contributed by atoms with Gasteiger partial charge in [-0.3, -0.25) is 20.2 Å². The first-order chi connectivity index (χ1) is 17.4. The molecule has 4 heterocycles. The number of hydrogen-bond donors (Lipinski definition) is 2. The fourth-order valence-corrected chi connectivity index (χ4v) is 3.46. The summed E-state index contributed by atoms with van der Waals surface area (Å²) in [5, 5.41) is 14.6. The number of rotatable bonds is 2. The van der Waals surface area contributed by atoms with Crippen molar-refractivity contribution in [1.82, 2.24) is 40.3 Å². The average Bonchev–Trinajstić information content (AvgIpc) is 3.49. The van der Waals surface area contributed by atoms with Crippen LogP contribution in [0.1, 0.15) is 106 Å². The second-order valence-electron chi connectivity index (χ2n) is 13.9. The summed E-state index contributed by atoms with van der Waals surface area (Å²) in [7, 11) is 0. The van der Waals surface area contributed by atoms with E-state index in [2.05, 4.69) is 136 Å². The Balaban J connectivity index is 0.000000211. The van der Waals surface area contributed by atoms with Crippen LogP contribution in [0.5, 0.6) is 0 Å². The van der Waals surface area contributed by atoms with E-state index in [1.165, 1.54) is 11.1 Å². The summed E-state index contributed by atoms with van der Waals surface area (Å²) in [4.78, 5) is 17.8. The van der Waals surface area contributed by atoms with Crippen molar-refractivity contribution in [1.29, 1.82) is 0 Å². The number of aromatic nitrogens is 8. The van der Waals surface area contributed by atoms with E-state index < -0.39 is 0 Å². The summed E-state index contributed by atoms with van der Waals surface area (Å²) >= 11 is 0. The van der Waals surface area contributed by atoms with Crippen molar-refractivity contribution >= 4 is 0 Å². The van der Waals surface area contributed by atoms with E-state index in [1.807, 2.05) is 24.5 Å². The van der Waals surface area contributed by atoms with E-state index in [-0.39, 0.29) is 21.7 Å². The lowest BCUT2D eigenvalue weighted by Gasteiger charge is -2.18. The van der Waals surface area contributed by atoms with Gasteiger partial charge >= 0.3 is 0 Å². The molecular formula is C30H44N8. The van der Waals surface area contributed by atoms with Crippen molar-refractivity contribution in [2.24, 2.45) is 0 Å². The van der Waals surface area contributed by atoms with Gasteiger partial charge in [0.05, 0.1) is 0 Å². The number of hydrogen-bond acceptors (Lipinski definition) is 6. The van der Waals surface area contributed by atoms with Crippen LogP contribution in [0.3, 0.4) is 0 Å². The van der Waals surface area contributed by atoms with Crippen LogP contribution in [0.25, 0.3) is 23.0 Å². The van der Waals surface area contributed by atoms with Crippen LogP contribution in [-0.2, 0) is 21.7 Å². The Morgan fingerprint density at radius 1 is 0.500 bits per heavy atom. The zero-order valence-corrected chi connectivity index (χ0v) is 25.1. The zero-order chi connectivity index (χ0) is 28.5. The van der Waals surface area contributed by atoms with E-state index in [1.54, 1.807) is 0 Å². The fourth-order valence-electron chi connectivity index (χ4n) is 3.46. The van der Waals surface area contributed by atoms with E-state index in [0.717, 1.165) is 23.0 Å². The molecule has 0 radical (unpaired) electrons. The van der Waals surface area contributed by atoms with Crippen LogP contribution in [0, 0.1) is 0 Å².